The van der Waals surface area contributed by atoms with E-state index < -0.39 is 0 Å². The summed E-state index contributed by atoms with van der Waals surface area (Å²) < 4.78 is 0. The maximum Gasteiger partial charge on any atom is 0.222 e. The van der Waals surface area contributed by atoms with Crippen molar-refractivity contribution in [3.63, 3.8) is 0 Å². The number of nitrogens with zero attached hydrogens (tertiary/aromatic N) is 2. The quantitative estimate of drug-likeness (QED) is 0.821. The second-order valence-electron chi connectivity index (χ2n) is 5.13. The SMILES string of the molecule is CCCC(=O)N1CCCC(c2cccc(C)n2)C1. The van der Waals surface area contributed by atoms with E-state index in [4.69, 9.17) is 0 Å². The lowest BCUT2D eigenvalue weighted by atomic mass is 9.94. The van der Waals surface area contributed by atoms with Gasteiger partial charge in [0.15, 0.2) is 0 Å². The summed E-state index contributed by atoms with van der Waals surface area (Å²) in [5.41, 5.74) is 2.20. The second-order valence-corrected chi connectivity index (χ2v) is 5.13. The Morgan fingerprint density at radius 1 is 1.50 bits per heavy atom. The van der Waals surface area contributed by atoms with E-state index in [2.05, 4.69) is 24.0 Å². The topological polar surface area (TPSA) is 33.2 Å². The van der Waals surface area contributed by atoms with Crippen molar-refractivity contribution in [2.45, 2.75) is 45.4 Å². The highest BCUT2D eigenvalue weighted by atomic mass is 16.2. The van der Waals surface area contributed by atoms with E-state index in [0.29, 0.717) is 18.2 Å². The van der Waals surface area contributed by atoms with Gasteiger partial charge < -0.3 is 4.90 Å². The second kappa shape index (κ2) is 5.98. The van der Waals surface area contributed by atoms with E-state index in [1.165, 1.54) is 0 Å². The largest absolute Gasteiger partial charge is 0.342 e. The molecule has 2 heterocycles. The molecule has 18 heavy (non-hydrogen) atoms. The monoisotopic (exact) mass is 246 g/mol. The number of aryl methyl sites for hydroxylation is 1. The van der Waals surface area contributed by atoms with E-state index in [9.17, 15) is 4.79 Å². The van der Waals surface area contributed by atoms with Gasteiger partial charge in [0.1, 0.15) is 0 Å². The number of carbonyl (C=O) groups excluding carboxylic acids is 1. The van der Waals surface area contributed by atoms with Crippen LogP contribution in [-0.2, 0) is 4.79 Å². The third kappa shape index (κ3) is 3.09. The summed E-state index contributed by atoms with van der Waals surface area (Å²) in [5.74, 6) is 0.717. The first-order chi connectivity index (χ1) is 8.70. The molecule has 1 atom stereocenters. The van der Waals surface area contributed by atoms with Gasteiger partial charge in [0.05, 0.1) is 0 Å². The molecule has 1 saturated heterocycles. The molecule has 0 aliphatic carbocycles. The molecule has 1 aromatic rings. The van der Waals surface area contributed by atoms with Crippen molar-refractivity contribution in [2.24, 2.45) is 0 Å². The summed E-state index contributed by atoms with van der Waals surface area (Å²) in [6.07, 6.45) is 3.85. The number of likely N-dealkylation sites (tertiary alicyclic amines) is 1. The highest BCUT2D eigenvalue weighted by Crippen LogP contribution is 2.26. The van der Waals surface area contributed by atoms with Crippen molar-refractivity contribution in [3.8, 4) is 0 Å². The molecule has 1 aromatic heterocycles. The Bertz CT molecular complexity index is 417. The van der Waals surface area contributed by atoms with E-state index in [1.54, 1.807) is 0 Å². The van der Waals surface area contributed by atoms with E-state index in [-0.39, 0.29) is 0 Å². The fourth-order valence-corrected chi connectivity index (χ4v) is 2.61. The van der Waals surface area contributed by atoms with Crippen molar-refractivity contribution in [1.29, 1.82) is 0 Å². The average Bonchev–Trinajstić information content (AvgIpc) is 2.39. The molecule has 1 aliphatic rings. The average molecular weight is 246 g/mol. The van der Waals surface area contributed by atoms with E-state index in [0.717, 1.165) is 43.7 Å². The van der Waals surface area contributed by atoms with Crippen molar-refractivity contribution >= 4 is 5.91 Å². The highest BCUT2D eigenvalue weighted by molar-refractivity contribution is 5.76. The zero-order chi connectivity index (χ0) is 13.0. The maximum absolute atomic E-state index is 11.9. The van der Waals surface area contributed by atoms with Gasteiger partial charge in [-0.1, -0.05) is 13.0 Å². The lowest BCUT2D eigenvalue weighted by molar-refractivity contribution is -0.132. The van der Waals surface area contributed by atoms with Crippen LogP contribution in [0.15, 0.2) is 18.2 Å². The third-order valence-corrected chi connectivity index (χ3v) is 3.57. The Morgan fingerprint density at radius 2 is 2.33 bits per heavy atom. The van der Waals surface area contributed by atoms with Crippen LogP contribution in [0.2, 0.25) is 0 Å². The summed E-state index contributed by atoms with van der Waals surface area (Å²) in [5, 5.41) is 0. The summed E-state index contributed by atoms with van der Waals surface area (Å²) in [4.78, 5) is 18.6. The van der Waals surface area contributed by atoms with Crippen LogP contribution in [0.1, 0.15) is 49.9 Å². The first-order valence-electron chi connectivity index (χ1n) is 6.92. The van der Waals surface area contributed by atoms with Crippen LogP contribution in [0.25, 0.3) is 0 Å². The number of hydrogen-bond acceptors (Lipinski definition) is 2. The zero-order valence-electron chi connectivity index (χ0n) is 11.4. The number of rotatable bonds is 3. The number of hydrogen-bond donors (Lipinski definition) is 0. The molecule has 1 fully saturated rings. The molecule has 0 bridgehead atoms. The summed E-state index contributed by atoms with van der Waals surface area (Å²) in [6.45, 7) is 5.84. The molecule has 0 radical (unpaired) electrons. The molecule has 1 unspecified atom stereocenters. The number of carbonyl (C=O) groups is 1. The Morgan fingerprint density at radius 3 is 3.06 bits per heavy atom. The predicted octanol–water partition coefficient (Wildman–Crippen LogP) is 2.90. The van der Waals surface area contributed by atoms with Gasteiger partial charge in [-0.15, -0.1) is 0 Å². The van der Waals surface area contributed by atoms with Crippen molar-refractivity contribution in [2.75, 3.05) is 13.1 Å². The van der Waals surface area contributed by atoms with Crippen LogP contribution >= 0.6 is 0 Å². The minimum atomic E-state index is 0.301. The maximum atomic E-state index is 11.9. The van der Waals surface area contributed by atoms with Gasteiger partial charge in [0.25, 0.3) is 0 Å². The molecule has 3 heteroatoms. The Labute approximate surface area is 109 Å². The fraction of sp³-hybridized carbons (Fsp3) is 0.600. The molecular formula is C15H22N2O. The molecule has 0 saturated carbocycles. The van der Waals surface area contributed by atoms with Gasteiger partial charge in [0.2, 0.25) is 5.91 Å². The van der Waals surface area contributed by atoms with Crippen LogP contribution in [0.5, 0.6) is 0 Å². The first kappa shape index (κ1) is 13.1. The van der Waals surface area contributed by atoms with E-state index in [1.807, 2.05) is 17.9 Å². The normalized spacial score (nSPS) is 19.9. The van der Waals surface area contributed by atoms with Crippen LogP contribution in [-0.4, -0.2) is 28.9 Å². The molecule has 0 spiro atoms. The predicted molar refractivity (Wildman–Crippen MR) is 72.4 cm³/mol. The van der Waals surface area contributed by atoms with Crippen molar-refractivity contribution in [3.05, 3.63) is 29.6 Å². The van der Waals surface area contributed by atoms with Crippen LogP contribution < -0.4 is 0 Å². The minimum Gasteiger partial charge on any atom is -0.342 e. The minimum absolute atomic E-state index is 0.301. The molecule has 1 aliphatic heterocycles. The third-order valence-electron chi connectivity index (χ3n) is 3.57. The van der Waals surface area contributed by atoms with Gasteiger partial charge >= 0.3 is 0 Å². The first-order valence-corrected chi connectivity index (χ1v) is 6.92. The highest BCUT2D eigenvalue weighted by Gasteiger charge is 2.24. The van der Waals surface area contributed by atoms with Gasteiger partial charge in [-0.2, -0.15) is 0 Å². The van der Waals surface area contributed by atoms with Gasteiger partial charge in [-0.05, 0) is 38.3 Å². The Kier molecular flexibility index (Phi) is 4.34. The van der Waals surface area contributed by atoms with Crippen LogP contribution in [0, 0.1) is 6.92 Å². The number of pyridine rings is 1. The molecule has 2 rings (SSSR count). The van der Waals surface area contributed by atoms with Gasteiger partial charge in [-0.25, -0.2) is 0 Å². The zero-order valence-corrected chi connectivity index (χ0v) is 11.4. The summed E-state index contributed by atoms with van der Waals surface area (Å²) in [7, 11) is 0. The fourth-order valence-electron chi connectivity index (χ4n) is 2.61. The Balaban J connectivity index is 2.04. The molecule has 3 nitrogen and oxygen atoms in total. The molecule has 98 valence electrons. The van der Waals surface area contributed by atoms with Crippen LogP contribution in [0.3, 0.4) is 0 Å². The smallest absolute Gasteiger partial charge is 0.222 e. The number of amides is 1. The molecule has 0 aromatic carbocycles. The number of piperidine rings is 1. The molecule has 1 amide bonds. The van der Waals surface area contributed by atoms with Crippen LogP contribution in [0.4, 0.5) is 0 Å². The Hall–Kier alpha value is -1.38. The molecule has 0 N–H and O–H groups in total. The summed E-state index contributed by atoms with van der Waals surface area (Å²) >= 11 is 0. The number of aromatic nitrogens is 1. The van der Waals surface area contributed by atoms with Crippen molar-refractivity contribution < 1.29 is 4.79 Å². The van der Waals surface area contributed by atoms with E-state index >= 15 is 0 Å². The lowest BCUT2D eigenvalue weighted by Crippen LogP contribution is -2.39. The van der Waals surface area contributed by atoms with Crippen molar-refractivity contribution in [1.82, 2.24) is 9.88 Å². The lowest BCUT2D eigenvalue weighted by Gasteiger charge is -2.32. The van der Waals surface area contributed by atoms with Gasteiger partial charge in [0, 0.05) is 36.8 Å². The van der Waals surface area contributed by atoms with Gasteiger partial charge in [-0.3, -0.25) is 9.78 Å². The standard InChI is InChI=1S/C15H22N2O/c1-3-6-15(18)17-10-5-8-13(11-17)14-9-4-7-12(2)16-14/h4,7,9,13H,3,5-6,8,10-11H2,1-2H3. The molecular weight excluding hydrogens is 224 g/mol. The summed E-state index contributed by atoms with van der Waals surface area (Å²) in [6, 6.07) is 6.17.